The van der Waals surface area contributed by atoms with Crippen molar-refractivity contribution in [2.45, 2.75) is 38.8 Å². The zero-order valence-electron chi connectivity index (χ0n) is 11.1. The van der Waals surface area contributed by atoms with Crippen molar-refractivity contribution in [1.29, 1.82) is 0 Å². The van der Waals surface area contributed by atoms with E-state index in [9.17, 15) is 4.39 Å². The zero-order chi connectivity index (χ0) is 12.9. The predicted octanol–water partition coefficient (Wildman–Crippen LogP) is 3.29. The first-order valence-electron chi connectivity index (χ1n) is 6.05. The second kappa shape index (κ2) is 6.12. The van der Waals surface area contributed by atoms with Crippen molar-refractivity contribution in [3.05, 3.63) is 35.6 Å². The fourth-order valence-corrected chi connectivity index (χ4v) is 1.83. The van der Waals surface area contributed by atoms with Gasteiger partial charge in [0.05, 0.1) is 11.6 Å². The third-order valence-corrected chi connectivity index (χ3v) is 3.02. The van der Waals surface area contributed by atoms with Crippen molar-refractivity contribution in [2.75, 3.05) is 13.7 Å². The molecule has 0 heterocycles. The summed E-state index contributed by atoms with van der Waals surface area (Å²) in [6.07, 6.45) is 1.05. The van der Waals surface area contributed by atoms with E-state index in [-0.39, 0.29) is 17.5 Å². The van der Waals surface area contributed by atoms with Crippen LogP contribution in [0.25, 0.3) is 0 Å². The van der Waals surface area contributed by atoms with Gasteiger partial charge in [0.2, 0.25) is 0 Å². The van der Waals surface area contributed by atoms with Crippen LogP contribution in [0.2, 0.25) is 0 Å². The van der Waals surface area contributed by atoms with Crippen molar-refractivity contribution in [1.82, 2.24) is 5.32 Å². The highest BCUT2D eigenvalue weighted by Gasteiger charge is 2.30. The molecular formula is C14H22FNO. The monoisotopic (exact) mass is 239 g/mol. The summed E-state index contributed by atoms with van der Waals surface area (Å²) in [7, 11) is 1.70. The normalized spacial score (nSPS) is 13.7. The molecule has 0 aliphatic rings. The molecule has 0 bridgehead atoms. The van der Waals surface area contributed by atoms with E-state index < -0.39 is 0 Å². The number of rotatable bonds is 6. The van der Waals surface area contributed by atoms with Crippen LogP contribution in [0.5, 0.6) is 0 Å². The molecule has 0 amide bonds. The van der Waals surface area contributed by atoms with Gasteiger partial charge in [-0.2, -0.15) is 0 Å². The molecule has 2 nitrogen and oxygen atoms in total. The lowest BCUT2D eigenvalue weighted by atomic mass is 9.91. The van der Waals surface area contributed by atoms with Gasteiger partial charge in [0.15, 0.2) is 0 Å². The molecule has 0 aliphatic heterocycles. The Balaban J connectivity index is 2.93. The van der Waals surface area contributed by atoms with Crippen molar-refractivity contribution >= 4 is 0 Å². The first-order chi connectivity index (χ1) is 8.01. The Morgan fingerprint density at radius 2 is 1.88 bits per heavy atom. The molecule has 0 spiro atoms. The highest BCUT2D eigenvalue weighted by atomic mass is 19.1. The molecule has 1 aromatic carbocycles. The molecule has 0 aliphatic carbocycles. The molecule has 1 aromatic rings. The summed E-state index contributed by atoms with van der Waals surface area (Å²) < 4.78 is 18.5. The van der Waals surface area contributed by atoms with E-state index in [1.165, 1.54) is 12.1 Å². The molecule has 3 heteroatoms. The van der Waals surface area contributed by atoms with Gasteiger partial charge in [0, 0.05) is 7.11 Å². The smallest absolute Gasteiger partial charge is 0.123 e. The SMILES string of the molecule is CCCNC(c1ccc(F)cc1)C(C)(C)OC. The summed E-state index contributed by atoms with van der Waals surface area (Å²) >= 11 is 0. The van der Waals surface area contributed by atoms with Crippen LogP contribution in [0, 0.1) is 5.82 Å². The third-order valence-electron chi connectivity index (χ3n) is 3.02. The number of benzene rings is 1. The molecule has 1 atom stereocenters. The highest BCUT2D eigenvalue weighted by Crippen LogP contribution is 2.28. The summed E-state index contributed by atoms with van der Waals surface area (Å²) in [6, 6.07) is 6.66. The van der Waals surface area contributed by atoms with E-state index in [0.717, 1.165) is 18.5 Å². The van der Waals surface area contributed by atoms with E-state index in [2.05, 4.69) is 12.2 Å². The van der Waals surface area contributed by atoms with Crippen molar-refractivity contribution in [3.63, 3.8) is 0 Å². The van der Waals surface area contributed by atoms with Crippen LogP contribution >= 0.6 is 0 Å². The Labute approximate surface area is 103 Å². The molecular weight excluding hydrogens is 217 g/mol. The molecule has 0 saturated heterocycles. The summed E-state index contributed by atoms with van der Waals surface area (Å²) in [5, 5.41) is 3.45. The maximum absolute atomic E-state index is 12.9. The van der Waals surface area contributed by atoms with Crippen LogP contribution in [0.3, 0.4) is 0 Å². The van der Waals surface area contributed by atoms with Crippen LogP contribution in [0.15, 0.2) is 24.3 Å². The fourth-order valence-electron chi connectivity index (χ4n) is 1.83. The van der Waals surface area contributed by atoms with Crippen molar-refractivity contribution in [2.24, 2.45) is 0 Å². The van der Waals surface area contributed by atoms with Gasteiger partial charge in [-0.25, -0.2) is 4.39 Å². The number of nitrogens with one attached hydrogen (secondary N) is 1. The van der Waals surface area contributed by atoms with E-state index in [0.29, 0.717) is 0 Å². The average molecular weight is 239 g/mol. The summed E-state index contributed by atoms with van der Waals surface area (Å²) in [5.74, 6) is -0.210. The zero-order valence-corrected chi connectivity index (χ0v) is 11.1. The Bertz CT molecular complexity index is 335. The number of hydrogen-bond acceptors (Lipinski definition) is 2. The number of methoxy groups -OCH3 is 1. The second-order valence-corrected chi connectivity index (χ2v) is 4.75. The second-order valence-electron chi connectivity index (χ2n) is 4.75. The standard InChI is InChI=1S/C14H22FNO/c1-5-10-16-13(14(2,3)17-4)11-6-8-12(15)9-7-11/h6-9,13,16H,5,10H2,1-4H3. The van der Waals surface area contributed by atoms with E-state index in [4.69, 9.17) is 4.74 Å². The van der Waals surface area contributed by atoms with E-state index >= 15 is 0 Å². The predicted molar refractivity (Wildman–Crippen MR) is 68.5 cm³/mol. The van der Waals surface area contributed by atoms with Crippen LogP contribution in [0.1, 0.15) is 38.8 Å². The lowest BCUT2D eigenvalue weighted by Gasteiger charge is -2.34. The van der Waals surface area contributed by atoms with Crippen LogP contribution in [-0.4, -0.2) is 19.3 Å². The minimum atomic E-state index is -0.326. The summed E-state index contributed by atoms with van der Waals surface area (Å²) in [4.78, 5) is 0. The third kappa shape index (κ3) is 3.79. The number of halogens is 1. The van der Waals surface area contributed by atoms with Gasteiger partial charge < -0.3 is 10.1 Å². The maximum atomic E-state index is 12.9. The Morgan fingerprint density at radius 1 is 1.29 bits per heavy atom. The molecule has 0 fully saturated rings. The topological polar surface area (TPSA) is 21.3 Å². The summed E-state index contributed by atoms with van der Waals surface area (Å²) in [6.45, 7) is 7.09. The number of ether oxygens (including phenoxy) is 1. The molecule has 1 N–H and O–H groups in total. The molecule has 0 aromatic heterocycles. The van der Waals surface area contributed by atoms with Crippen LogP contribution < -0.4 is 5.32 Å². The van der Waals surface area contributed by atoms with Gasteiger partial charge in [-0.05, 0) is 44.5 Å². The minimum Gasteiger partial charge on any atom is -0.377 e. The molecule has 1 rings (SSSR count). The van der Waals surface area contributed by atoms with Gasteiger partial charge in [0.25, 0.3) is 0 Å². The minimum absolute atomic E-state index is 0.0630. The fraction of sp³-hybridized carbons (Fsp3) is 0.571. The average Bonchev–Trinajstić information content (AvgIpc) is 2.31. The maximum Gasteiger partial charge on any atom is 0.123 e. The molecule has 17 heavy (non-hydrogen) atoms. The lowest BCUT2D eigenvalue weighted by molar-refractivity contribution is -0.0110. The Morgan fingerprint density at radius 3 is 2.35 bits per heavy atom. The van der Waals surface area contributed by atoms with Crippen molar-refractivity contribution < 1.29 is 9.13 Å². The van der Waals surface area contributed by atoms with E-state index in [1.54, 1.807) is 7.11 Å². The van der Waals surface area contributed by atoms with Gasteiger partial charge in [0.1, 0.15) is 5.82 Å². The van der Waals surface area contributed by atoms with Crippen molar-refractivity contribution in [3.8, 4) is 0 Å². The van der Waals surface area contributed by atoms with Crippen LogP contribution in [0.4, 0.5) is 4.39 Å². The molecule has 1 unspecified atom stereocenters. The highest BCUT2D eigenvalue weighted by molar-refractivity contribution is 5.22. The lowest BCUT2D eigenvalue weighted by Crippen LogP contribution is -2.41. The molecule has 0 radical (unpaired) electrons. The van der Waals surface area contributed by atoms with Gasteiger partial charge in [-0.1, -0.05) is 19.1 Å². The van der Waals surface area contributed by atoms with Gasteiger partial charge in [-0.3, -0.25) is 0 Å². The first kappa shape index (κ1) is 14.1. The molecule has 0 saturated carbocycles. The van der Waals surface area contributed by atoms with Gasteiger partial charge >= 0.3 is 0 Å². The number of hydrogen-bond donors (Lipinski definition) is 1. The largest absolute Gasteiger partial charge is 0.377 e. The summed E-state index contributed by atoms with van der Waals surface area (Å²) in [5.41, 5.74) is 0.721. The molecule has 96 valence electrons. The first-order valence-corrected chi connectivity index (χ1v) is 6.05. The quantitative estimate of drug-likeness (QED) is 0.822. The van der Waals surface area contributed by atoms with Gasteiger partial charge in [-0.15, -0.1) is 0 Å². The Kier molecular flexibility index (Phi) is 5.09. The van der Waals surface area contributed by atoms with E-state index in [1.807, 2.05) is 26.0 Å². The Hall–Kier alpha value is -0.930. The van der Waals surface area contributed by atoms with Crippen LogP contribution in [-0.2, 0) is 4.74 Å².